The Bertz CT molecular complexity index is 1150. The normalized spacial score (nSPS) is 10.2. The van der Waals surface area contributed by atoms with Crippen LogP contribution in [0.25, 0.3) is 21.5 Å². The van der Waals surface area contributed by atoms with E-state index in [9.17, 15) is 0 Å². The van der Waals surface area contributed by atoms with Gasteiger partial charge in [-0.05, 0) is 25.7 Å². The summed E-state index contributed by atoms with van der Waals surface area (Å²) >= 11 is 1.45. The van der Waals surface area contributed by atoms with Crippen LogP contribution in [-0.2, 0) is 48.7 Å². The van der Waals surface area contributed by atoms with Crippen molar-refractivity contribution in [2.75, 3.05) is 0 Å². The Morgan fingerprint density at radius 1 is 0.579 bits per heavy atom. The summed E-state index contributed by atoms with van der Waals surface area (Å²) in [7, 11) is 0. The van der Waals surface area contributed by atoms with Gasteiger partial charge in [-0.1, -0.05) is 102 Å². The Balaban J connectivity index is 0.000000604. The van der Waals surface area contributed by atoms with Gasteiger partial charge in [0.1, 0.15) is 0 Å². The van der Waals surface area contributed by atoms with E-state index in [0.717, 1.165) is 0 Å². The van der Waals surface area contributed by atoms with Gasteiger partial charge in [0, 0.05) is 0 Å². The van der Waals surface area contributed by atoms with Gasteiger partial charge in [0.05, 0.1) is 0 Å². The minimum atomic E-state index is 0. The molecule has 0 bridgehead atoms. The summed E-state index contributed by atoms with van der Waals surface area (Å²) in [6.07, 6.45) is 9.75. The first-order chi connectivity index (χ1) is 17.2. The van der Waals surface area contributed by atoms with Gasteiger partial charge in [-0.25, -0.2) is 0 Å². The number of hydrogen-bond donors (Lipinski definition) is 0. The van der Waals surface area contributed by atoms with E-state index < -0.39 is 0 Å². The van der Waals surface area contributed by atoms with E-state index in [-0.39, 0.29) is 30.3 Å². The molecule has 4 aromatic carbocycles. The van der Waals surface area contributed by atoms with Crippen LogP contribution in [0.2, 0.25) is 13.1 Å². The van der Waals surface area contributed by atoms with Gasteiger partial charge < -0.3 is 24.8 Å². The molecule has 0 aromatic heterocycles. The fraction of sp³-hybridized carbons (Fsp3) is 0.471. The molecule has 0 saturated heterocycles. The van der Waals surface area contributed by atoms with Crippen molar-refractivity contribution in [2.24, 2.45) is 0 Å². The fourth-order valence-electron chi connectivity index (χ4n) is 5.05. The monoisotopic (exact) mass is 734 g/mol. The largest absolute Gasteiger partial charge is 1.00 e. The third-order valence-electron chi connectivity index (χ3n) is 6.34. The topological polar surface area (TPSA) is 0 Å². The second kappa shape index (κ2) is 19.4. The van der Waals surface area contributed by atoms with Crippen LogP contribution in [0.15, 0.2) is 48.5 Å². The van der Waals surface area contributed by atoms with Crippen molar-refractivity contribution in [3.8, 4) is 0 Å². The minimum Gasteiger partial charge on any atom is -1.00 e. The Labute approximate surface area is 261 Å². The Kier molecular flexibility index (Phi) is 19.1. The summed E-state index contributed by atoms with van der Waals surface area (Å²) in [6.45, 7) is 18.1. The third kappa shape index (κ3) is 11.8. The summed E-state index contributed by atoms with van der Waals surface area (Å²) in [4.78, 5) is 0. The van der Waals surface area contributed by atoms with Crippen molar-refractivity contribution in [3.63, 3.8) is 0 Å². The summed E-state index contributed by atoms with van der Waals surface area (Å²) in [5.74, 6) is 0. The van der Waals surface area contributed by atoms with Crippen LogP contribution < -0.4 is 24.8 Å². The van der Waals surface area contributed by atoms with Crippen LogP contribution in [0.1, 0.15) is 86.8 Å². The van der Waals surface area contributed by atoms with Crippen LogP contribution in [-0.4, -0.2) is 5.49 Å². The van der Waals surface area contributed by atoms with Gasteiger partial charge in [-0.3, -0.25) is 0 Å². The summed E-state index contributed by atoms with van der Waals surface area (Å²) in [5.41, 5.74) is 9.12. The number of fused-ring (bicyclic) bond motifs is 2. The zero-order valence-electron chi connectivity index (χ0n) is 25.0. The molecule has 0 fully saturated rings. The smallest absolute Gasteiger partial charge is 1.00 e. The first-order valence-electron chi connectivity index (χ1n) is 14.1. The van der Waals surface area contributed by atoms with E-state index in [1.165, 1.54) is 129 Å². The average Bonchev–Trinajstić information content (AvgIpc) is 3.36. The predicted molar refractivity (Wildman–Crippen MR) is 162 cm³/mol. The first kappa shape index (κ1) is 37.3. The van der Waals surface area contributed by atoms with Crippen LogP contribution in [0.4, 0.5) is 0 Å². The SMILES string of the molecule is CCCc1cc(CCC)c2cc(C)[cH-]c2c1.CCCc1cc(CCC)c2cc(C)[cH-]c2c1.C[Si](C)=[Hf+2].[Cl-].[Cl-]. The molecule has 0 unspecified atom stereocenters. The molecule has 0 aliphatic rings. The summed E-state index contributed by atoms with van der Waals surface area (Å²) in [6, 6.07) is 18.8. The molecule has 0 aliphatic heterocycles. The molecule has 0 amide bonds. The van der Waals surface area contributed by atoms with Crippen molar-refractivity contribution in [1.29, 1.82) is 0 Å². The van der Waals surface area contributed by atoms with Crippen molar-refractivity contribution in [2.45, 2.75) is 106 Å². The van der Waals surface area contributed by atoms with Crippen LogP contribution in [0.3, 0.4) is 0 Å². The second-order valence-corrected chi connectivity index (χ2v) is 23.4. The third-order valence-corrected chi connectivity index (χ3v) is 6.34. The standard InChI is InChI=1S/2C16H21.C2H6Si.2ClH.Hf/c2*1-4-6-13-10-14(7-5-2)16-9-12(3)8-15(16)11-13;1-3-2;;;/h2*8-11H,4-7H2,1-3H3;1-2H3;2*1H;/q2*-1;;;;+2/p-2. The van der Waals surface area contributed by atoms with Gasteiger partial charge in [0.25, 0.3) is 0 Å². The zero-order chi connectivity index (χ0) is 26.7. The fourth-order valence-corrected chi connectivity index (χ4v) is 5.05. The van der Waals surface area contributed by atoms with E-state index in [0.29, 0.717) is 0 Å². The Morgan fingerprint density at radius 3 is 1.18 bits per heavy atom. The number of hydrogen-bond acceptors (Lipinski definition) is 0. The van der Waals surface area contributed by atoms with Crippen molar-refractivity contribution < 1.29 is 47.8 Å². The van der Waals surface area contributed by atoms with Gasteiger partial charge in [0.2, 0.25) is 0 Å². The van der Waals surface area contributed by atoms with Gasteiger partial charge in [0.15, 0.2) is 0 Å². The molecular weight excluding hydrogens is 686 g/mol. The molecule has 0 nitrogen and oxygen atoms in total. The molecular formula is C34H48Cl2HfSi-2. The minimum absolute atomic E-state index is 0. The maximum atomic E-state index is 2.41. The molecule has 0 atom stereocenters. The molecule has 0 heterocycles. The zero-order valence-corrected chi connectivity index (χ0v) is 31.1. The second-order valence-electron chi connectivity index (χ2n) is 10.6. The Hall–Kier alpha value is -0.673. The van der Waals surface area contributed by atoms with E-state index in [1.54, 1.807) is 0 Å². The number of aryl methyl sites for hydroxylation is 6. The predicted octanol–water partition coefficient (Wildman–Crippen LogP) is 4.34. The van der Waals surface area contributed by atoms with Gasteiger partial charge in [-0.15, -0.1) is 56.9 Å². The molecule has 4 rings (SSSR count). The van der Waals surface area contributed by atoms with Crippen LogP contribution >= 0.6 is 0 Å². The maximum Gasteiger partial charge on any atom is -1.00 e. The first-order valence-corrected chi connectivity index (χ1v) is 22.0. The van der Waals surface area contributed by atoms with Crippen LogP contribution in [0, 0.1) is 13.8 Å². The molecule has 208 valence electrons. The number of halogens is 2. The molecule has 0 saturated carbocycles. The molecule has 0 radical (unpaired) electrons. The molecule has 0 aliphatic carbocycles. The van der Waals surface area contributed by atoms with Crippen molar-refractivity contribution in [1.82, 2.24) is 0 Å². The van der Waals surface area contributed by atoms with E-state index >= 15 is 0 Å². The quantitative estimate of drug-likeness (QED) is 0.187. The number of benzene rings is 2. The van der Waals surface area contributed by atoms with Crippen LogP contribution in [0.5, 0.6) is 0 Å². The Morgan fingerprint density at radius 2 is 0.895 bits per heavy atom. The maximum absolute atomic E-state index is 2.41. The molecule has 0 N–H and O–H groups in total. The van der Waals surface area contributed by atoms with Gasteiger partial charge in [-0.2, -0.15) is 12.1 Å². The summed E-state index contributed by atoms with van der Waals surface area (Å²) in [5, 5.41) is 5.82. The number of rotatable bonds is 8. The van der Waals surface area contributed by atoms with E-state index in [4.69, 9.17) is 0 Å². The van der Waals surface area contributed by atoms with Crippen molar-refractivity contribution in [3.05, 3.63) is 81.9 Å². The molecule has 38 heavy (non-hydrogen) atoms. The average molecular weight is 734 g/mol. The molecule has 0 spiro atoms. The summed E-state index contributed by atoms with van der Waals surface area (Å²) < 4.78 is 0. The van der Waals surface area contributed by atoms with E-state index in [2.05, 4.69) is 103 Å². The van der Waals surface area contributed by atoms with Crippen molar-refractivity contribution >= 4 is 27.0 Å². The van der Waals surface area contributed by atoms with Gasteiger partial charge >= 0.3 is 41.6 Å². The molecule has 4 heteroatoms. The molecule has 4 aromatic rings. The van der Waals surface area contributed by atoms with E-state index in [1.807, 2.05) is 0 Å².